The van der Waals surface area contributed by atoms with E-state index in [1.165, 1.54) is 0 Å². The molecule has 0 aromatic heterocycles. The van der Waals surface area contributed by atoms with E-state index in [0.717, 1.165) is 5.56 Å². The molecule has 1 rings (SSSR count). The normalized spacial score (nSPS) is 15.0. The number of hydrogen-bond acceptors (Lipinski definition) is 4. The minimum Gasteiger partial charge on any atom is -0.480 e. The van der Waals surface area contributed by atoms with E-state index < -0.39 is 12.0 Å². The van der Waals surface area contributed by atoms with Crippen LogP contribution in [0.5, 0.6) is 0 Å². The number of rotatable bonds is 9. The summed E-state index contributed by atoms with van der Waals surface area (Å²) in [5.74, 6) is -1.27. The van der Waals surface area contributed by atoms with Gasteiger partial charge >= 0.3 is 11.9 Å². The molecule has 0 saturated carbocycles. The molecule has 2 unspecified atom stereocenters. The first-order valence-electron chi connectivity index (χ1n) is 8.01. The summed E-state index contributed by atoms with van der Waals surface area (Å²) >= 11 is 0. The van der Waals surface area contributed by atoms with Crippen molar-refractivity contribution in [3.05, 3.63) is 35.9 Å². The van der Waals surface area contributed by atoms with Crippen LogP contribution in [0.2, 0.25) is 0 Å². The van der Waals surface area contributed by atoms with Crippen LogP contribution in [0.25, 0.3) is 0 Å². The summed E-state index contributed by atoms with van der Waals surface area (Å²) in [5.41, 5.74) is 6.62. The van der Waals surface area contributed by atoms with E-state index in [4.69, 9.17) is 15.6 Å². The van der Waals surface area contributed by atoms with Gasteiger partial charge in [0, 0.05) is 12.8 Å². The summed E-state index contributed by atoms with van der Waals surface area (Å²) in [7, 11) is 0. The van der Waals surface area contributed by atoms with Gasteiger partial charge in [-0.25, -0.2) is 0 Å². The van der Waals surface area contributed by atoms with Crippen molar-refractivity contribution in [3.63, 3.8) is 0 Å². The highest BCUT2D eigenvalue weighted by atomic mass is 16.5. The zero-order chi connectivity index (χ0) is 17.4. The third-order valence-corrected chi connectivity index (χ3v) is 3.79. The molecule has 0 spiro atoms. The molecular weight excluding hydrogens is 294 g/mol. The van der Waals surface area contributed by atoms with Gasteiger partial charge in [-0.05, 0) is 23.8 Å². The molecule has 23 heavy (non-hydrogen) atoms. The topological polar surface area (TPSA) is 89.6 Å². The molecule has 0 bridgehead atoms. The van der Waals surface area contributed by atoms with Crippen LogP contribution in [0, 0.1) is 11.8 Å². The highest BCUT2D eigenvalue weighted by Crippen LogP contribution is 2.17. The molecular formula is C18H27NO4. The maximum absolute atomic E-state index is 12.1. The Kier molecular flexibility index (Phi) is 7.75. The maximum Gasteiger partial charge on any atom is 0.320 e. The first kappa shape index (κ1) is 19.2. The molecule has 0 aliphatic heterocycles. The van der Waals surface area contributed by atoms with Gasteiger partial charge in [-0.3, -0.25) is 9.59 Å². The third kappa shape index (κ3) is 7.28. The Morgan fingerprint density at radius 2 is 1.78 bits per heavy atom. The Labute approximate surface area is 137 Å². The van der Waals surface area contributed by atoms with E-state index in [-0.39, 0.29) is 36.8 Å². The van der Waals surface area contributed by atoms with Crippen molar-refractivity contribution in [2.45, 2.75) is 52.2 Å². The Morgan fingerprint density at radius 3 is 2.30 bits per heavy atom. The molecule has 0 saturated heterocycles. The molecule has 3 atom stereocenters. The van der Waals surface area contributed by atoms with E-state index in [0.29, 0.717) is 6.42 Å². The zero-order valence-corrected chi connectivity index (χ0v) is 14.1. The number of esters is 1. The molecule has 0 aliphatic carbocycles. The van der Waals surface area contributed by atoms with E-state index >= 15 is 0 Å². The van der Waals surface area contributed by atoms with Crippen molar-refractivity contribution in [1.29, 1.82) is 0 Å². The fourth-order valence-electron chi connectivity index (χ4n) is 2.38. The van der Waals surface area contributed by atoms with E-state index in [2.05, 4.69) is 0 Å². The monoisotopic (exact) mass is 321 g/mol. The molecule has 1 aromatic carbocycles. The molecule has 1 aromatic rings. The molecule has 128 valence electrons. The molecule has 0 amide bonds. The first-order chi connectivity index (χ1) is 10.8. The summed E-state index contributed by atoms with van der Waals surface area (Å²) < 4.78 is 5.60. The number of nitrogens with two attached hydrogens (primary N) is 1. The van der Waals surface area contributed by atoms with Gasteiger partial charge in [0.25, 0.3) is 0 Å². The molecule has 3 N–H and O–H groups in total. The van der Waals surface area contributed by atoms with Gasteiger partial charge in [0.15, 0.2) is 0 Å². The fraction of sp³-hybridized carbons (Fsp3) is 0.556. The fourth-order valence-corrected chi connectivity index (χ4v) is 2.38. The van der Waals surface area contributed by atoms with Gasteiger partial charge in [0.05, 0.1) is 0 Å². The molecule has 0 aliphatic rings. The van der Waals surface area contributed by atoms with Gasteiger partial charge in [-0.2, -0.15) is 0 Å². The predicted octanol–water partition coefficient (Wildman–Crippen LogP) is 2.63. The summed E-state index contributed by atoms with van der Waals surface area (Å²) in [4.78, 5) is 22.8. The number of ether oxygens (including phenoxy) is 1. The van der Waals surface area contributed by atoms with Crippen LogP contribution in [0.15, 0.2) is 30.3 Å². The second-order valence-corrected chi connectivity index (χ2v) is 6.45. The summed E-state index contributed by atoms with van der Waals surface area (Å²) in [5, 5.41) is 8.81. The highest BCUT2D eigenvalue weighted by molar-refractivity contribution is 5.73. The van der Waals surface area contributed by atoms with Crippen LogP contribution >= 0.6 is 0 Å². The molecule has 0 fully saturated rings. The van der Waals surface area contributed by atoms with Crippen molar-refractivity contribution in [3.8, 4) is 0 Å². The van der Waals surface area contributed by atoms with Crippen LogP contribution in [-0.2, 0) is 20.7 Å². The highest BCUT2D eigenvalue weighted by Gasteiger charge is 2.22. The number of benzene rings is 1. The lowest BCUT2D eigenvalue weighted by molar-refractivity contribution is -0.152. The Hall–Kier alpha value is -1.88. The number of carbonyl (C=O) groups excluding carboxylic acids is 1. The van der Waals surface area contributed by atoms with E-state index in [9.17, 15) is 9.59 Å². The number of carboxylic acids is 1. The van der Waals surface area contributed by atoms with Crippen LogP contribution in [0.3, 0.4) is 0 Å². The summed E-state index contributed by atoms with van der Waals surface area (Å²) in [6.45, 7) is 5.85. The first-order valence-corrected chi connectivity index (χ1v) is 8.01. The molecule has 5 heteroatoms. The van der Waals surface area contributed by atoms with Gasteiger partial charge in [0.1, 0.15) is 12.1 Å². The average Bonchev–Trinajstić information content (AvgIpc) is 2.47. The van der Waals surface area contributed by atoms with Crippen LogP contribution in [0.4, 0.5) is 0 Å². The smallest absolute Gasteiger partial charge is 0.320 e. The van der Waals surface area contributed by atoms with Crippen LogP contribution < -0.4 is 5.73 Å². The van der Waals surface area contributed by atoms with Crippen LogP contribution in [0.1, 0.15) is 39.2 Å². The van der Waals surface area contributed by atoms with E-state index in [1.54, 1.807) is 0 Å². The number of carbonyl (C=O) groups is 2. The summed E-state index contributed by atoms with van der Waals surface area (Å²) in [6.07, 6.45) is 0.923. The quantitative estimate of drug-likeness (QED) is 0.682. The van der Waals surface area contributed by atoms with Crippen molar-refractivity contribution in [2.24, 2.45) is 17.6 Å². The van der Waals surface area contributed by atoms with Gasteiger partial charge < -0.3 is 15.6 Å². The summed E-state index contributed by atoms with van der Waals surface area (Å²) in [6, 6.07) is 8.96. The second-order valence-electron chi connectivity index (χ2n) is 6.45. The Morgan fingerprint density at radius 1 is 1.17 bits per heavy atom. The number of hydrogen-bond donors (Lipinski definition) is 2. The molecule has 5 nitrogen and oxygen atoms in total. The number of aliphatic carboxylic acids is 1. The maximum atomic E-state index is 12.1. The van der Waals surface area contributed by atoms with Crippen molar-refractivity contribution in [1.82, 2.24) is 0 Å². The minimum atomic E-state index is -1.05. The second kappa shape index (κ2) is 9.30. The Bertz CT molecular complexity index is 501. The SMILES string of the molecule is CC(CC(=O)OC(Cc1ccccc1)C(C)C)C[C@H](N)C(=O)O. The Balaban J connectivity index is 2.52. The lowest BCUT2D eigenvalue weighted by Crippen LogP contribution is -2.33. The van der Waals surface area contributed by atoms with Crippen molar-refractivity contribution in [2.75, 3.05) is 0 Å². The predicted molar refractivity (Wildman–Crippen MR) is 88.9 cm³/mol. The van der Waals surface area contributed by atoms with Gasteiger partial charge in [-0.1, -0.05) is 51.1 Å². The lowest BCUT2D eigenvalue weighted by atomic mass is 9.97. The van der Waals surface area contributed by atoms with Crippen LogP contribution in [-0.4, -0.2) is 29.2 Å². The molecule has 0 radical (unpaired) electrons. The lowest BCUT2D eigenvalue weighted by Gasteiger charge is -2.23. The van der Waals surface area contributed by atoms with Crippen molar-refractivity contribution < 1.29 is 19.4 Å². The van der Waals surface area contributed by atoms with Gasteiger partial charge in [0.2, 0.25) is 0 Å². The van der Waals surface area contributed by atoms with E-state index in [1.807, 2.05) is 51.1 Å². The molecule has 0 heterocycles. The minimum absolute atomic E-state index is 0.127. The zero-order valence-electron chi connectivity index (χ0n) is 14.1. The van der Waals surface area contributed by atoms with Gasteiger partial charge in [-0.15, -0.1) is 0 Å². The average molecular weight is 321 g/mol. The van der Waals surface area contributed by atoms with Crippen molar-refractivity contribution >= 4 is 11.9 Å². The third-order valence-electron chi connectivity index (χ3n) is 3.79. The standard InChI is InChI=1S/C18H27NO4/c1-12(2)16(11-14-7-5-4-6-8-14)23-17(20)10-13(3)9-15(19)18(21)22/h4-8,12-13,15-16H,9-11,19H2,1-3H3,(H,21,22)/t13?,15-,16?/m0/s1. The number of carboxylic acid groups (broad SMARTS) is 1. The largest absolute Gasteiger partial charge is 0.480 e.